The predicted molar refractivity (Wildman–Crippen MR) is 108 cm³/mol. The van der Waals surface area contributed by atoms with Gasteiger partial charge in [-0.05, 0) is 18.1 Å². The molecular formula is C22H31N3O2. The summed E-state index contributed by atoms with van der Waals surface area (Å²) in [7, 11) is 0. The fourth-order valence-corrected chi connectivity index (χ4v) is 3.39. The molecule has 0 radical (unpaired) electrons. The van der Waals surface area contributed by atoms with Crippen LogP contribution in [0.15, 0.2) is 48.8 Å². The summed E-state index contributed by atoms with van der Waals surface area (Å²) in [6, 6.07) is 12.1. The van der Waals surface area contributed by atoms with Crippen molar-refractivity contribution < 1.29 is 9.47 Å². The number of hydrogen-bond donors (Lipinski definition) is 1. The van der Waals surface area contributed by atoms with Crippen LogP contribution in [0.3, 0.4) is 0 Å². The van der Waals surface area contributed by atoms with Crippen LogP contribution < -0.4 is 10.1 Å². The Morgan fingerprint density at radius 1 is 1.26 bits per heavy atom. The van der Waals surface area contributed by atoms with Gasteiger partial charge in [-0.15, -0.1) is 0 Å². The lowest BCUT2D eigenvalue weighted by molar-refractivity contribution is -0.0303. The van der Waals surface area contributed by atoms with Gasteiger partial charge in [-0.25, -0.2) is 0 Å². The third-order valence-electron chi connectivity index (χ3n) is 4.62. The number of para-hydroxylation sites is 1. The van der Waals surface area contributed by atoms with E-state index in [1.165, 1.54) is 0 Å². The molecule has 1 aromatic heterocycles. The molecule has 1 aliphatic heterocycles. The lowest BCUT2D eigenvalue weighted by atomic mass is 10.1. The van der Waals surface area contributed by atoms with E-state index in [9.17, 15) is 0 Å². The minimum Gasteiger partial charge on any atom is -0.489 e. The fourth-order valence-electron chi connectivity index (χ4n) is 3.39. The Balaban J connectivity index is 1.47. The third-order valence-corrected chi connectivity index (χ3v) is 4.62. The van der Waals surface area contributed by atoms with Crippen LogP contribution in [0, 0.1) is 5.92 Å². The minimum atomic E-state index is 0.251. The molecule has 2 aromatic rings. The van der Waals surface area contributed by atoms with Crippen molar-refractivity contribution in [3.63, 3.8) is 0 Å². The zero-order chi connectivity index (χ0) is 18.9. The van der Waals surface area contributed by atoms with E-state index in [2.05, 4.69) is 41.2 Å². The molecule has 2 heterocycles. The van der Waals surface area contributed by atoms with Crippen LogP contribution in [-0.2, 0) is 17.9 Å². The van der Waals surface area contributed by atoms with Crippen molar-refractivity contribution in [2.24, 2.45) is 5.92 Å². The van der Waals surface area contributed by atoms with Gasteiger partial charge in [0, 0.05) is 56.2 Å². The average Bonchev–Trinajstić information content (AvgIpc) is 2.68. The van der Waals surface area contributed by atoms with Crippen LogP contribution in [0.2, 0.25) is 0 Å². The maximum absolute atomic E-state index is 6.01. The second-order valence-electron chi connectivity index (χ2n) is 7.53. The van der Waals surface area contributed by atoms with Crippen molar-refractivity contribution in [1.82, 2.24) is 15.2 Å². The van der Waals surface area contributed by atoms with E-state index < -0.39 is 0 Å². The summed E-state index contributed by atoms with van der Waals surface area (Å²) in [6.07, 6.45) is 3.86. The van der Waals surface area contributed by atoms with E-state index in [0.29, 0.717) is 12.5 Å². The molecular weight excluding hydrogens is 338 g/mol. The fraction of sp³-hybridized carbons (Fsp3) is 0.500. The highest BCUT2D eigenvalue weighted by atomic mass is 16.5. The number of pyridine rings is 1. The van der Waals surface area contributed by atoms with Crippen molar-refractivity contribution in [1.29, 1.82) is 0 Å². The quantitative estimate of drug-likeness (QED) is 0.736. The maximum Gasteiger partial charge on any atom is 0.124 e. The number of nitrogens with zero attached hydrogens (tertiary/aromatic N) is 2. The van der Waals surface area contributed by atoms with Crippen LogP contribution in [0.4, 0.5) is 0 Å². The van der Waals surface area contributed by atoms with Gasteiger partial charge in [0.1, 0.15) is 12.4 Å². The molecule has 1 atom stereocenters. The molecule has 1 unspecified atom stereocenters. The summed E-state index contributed by atoms with van der Waals surface area (Å²) in [6.45, 7) is 10.7. The van der Waals surface area contributed by atoms with Gasteiger partial charge >= 0.3 is 0 Å². The zero-order valence-corrected chi connectivity index (χ0v) is 16.4. The van der Waals surface area contributed by atoms with Gasteiger partial charge < -0.3 is 14.8 Å². The van der Waals surface area contributed by atoms with E-state index in [4.69, 9.17) is 9.47 Å². The van der Waals surface area contributed by atoms with Crippen LogP contribution in [-0.4, -0.2) is 48.8 Å². The first-order valence-electron chi connectivity index (χ1n) is 9.85. The third kappa shape index (κ3) is 6.61. The summed E-state index contributed by atoms with van der Waals surface area (Å²) in [5.74, 6) is 1.61. The Bertz CT molecular complexity index is 678. The number of morpholine rings is 1. The number of aromatic nitrogens is 1. The molecule has 1 aromatic carbocycles. The van der Waals surface area contributed by atoms with Gasteiger partial charge in [0.25, 0.3) is 0 Å². The van der Waals surface area contributed by atoms with Gasteiger partial charge in [-0.3, -0.25) is 9.88 Å². The SMILES string of the molecule is CC(C)CN1CCOC(CNCc2ccccc2OCc2cccnc2)C1. The molecule has 0 bridgehead atoms. The molecule has 5 nitrogen and oxygen atoms in total. The molecule has 1 saturated heterocycles. The van der Waals surface area contributed by atoms with Crippen LogP contribution >= 0.6 is 0 Å². The van der Waals surface area contributed by atoms with Crippen molar-refractivity contribution in [2.75, 3.05) is 32.8 Å². The largest absolute Gasteiger partial charge is 0.489 e. The highest BCUT2D eigenvalue weighted by Crippen LogP contribution is 2.19. The van der Waals surface area contributed by atoms with Gasteiger partial charge in [-0.1, -0.05) is 38.1 Å². The standard InChI is InChI=1S/C22H31N3O2/c1-18(2)15-25-10-11-26-21(16-25)14-24-13-20-7-3-4-8-22(20)27-17-19-6-5-9-23-12-19/h3-9,12,18,21,24H,10-11,13-17H2,1-2H3. The first-order valence-corrected chi connectivity index (χ1v) is 9.85. The topological polar surface area (TPSA) is 46.6 Å². The zero-order valence-electron chi connectivity index (χ0n) is 16.4. The van der Waals surface area contributed by atoms with Crippen molar-refractivity contribution in [3.8, 4) is 5.75 Å². The molecule has 3 rings (SSSR count). The summed E-state index contributed by atoms with van der Waals surface area (Å²) in [5, 5.41) is 3.54. The lowest BCUT2D eigenvalue weighted by Gasteiger charge is -2.34. The molecule has 0 aliphatic carbocycles. The minimum absolute atomic E-state index is 0.251. The Morgan fingerprint density at radius 2 is 2.15 bits per heavy atom. The normalized spacial score (nSPS) is 18.0. The van der Waals surface area contributed by atoms with E-state index >= 15 is 0 Å². The molecule has 5 heteroatoms. The monoisotopic (exact) mass is 369 g/mol. The molecule has 1 aliphatic rings. The van der Waals surface area contributed by atoms with Crippen molar-refractivity contribution in [3.05, 3.63) is 59.9 Å². The highest BCUT2D eigenvalue weighted by Gasteiger charge is 2.20. The van der Waals surface area contributed by atoms with Crippen LogP contribution in [0.5, 0.6) is 5.75 Å². The lowest BCUT2D eigenvalue weighted by Crippen LogP contribution is -2.47. The Hall–Kier alpha value is -1.95. The van der Waals surface area contributed by atoms with E-state index in [0.717, 1.165) is 56.2 Å². The number of nitrogens with one attached hydrogen (secondary N) is 1. The van der Waals surface area contributed by atoms with Gasteiger partial charge in [-0.2, -0.15) is 0 Å². The number of benzene rings is 1. The van der Waals surface area contributed by atoms with Gasteiger partial charge in [0.2, 0.25) is 0 Å². The summed E-state index contributed by atoms with van der Waals surface area (Å²) in [4.78, 5) is 6.64. The number of ether oxygens (including phenoxy) is 2. The average molecular weight is 370 g/mol. The van der Waals surface area contributed by atoms with E-state index in [1.807, 2.05) is 30.5 Å². The number of rotatable bonds is 9. The van der Waals surface area contributed by atoms with E-state index in [-0.39, 0.29) is 6.10 Å². The second kappa shape index (κ2) is 10.4. The Kier molecular flexibility index (Phi) is 7.63. The Labute approximate surface area is 162 Å². The summed E-state index contributed by atoms with van der Waals surface area (Å²) in [5.41, 5.74) is 2.23. The first-order chi connectivity index (χ1) is 13.2. The molecule has 1 fully saturated rings. The van der Waals surface area contributed by atoms with E-state index in [1.54, 1.807) is 6.20 Å². The maximum atomic E-state index is 6.01. The van der Waals surface area contributed by atoms with Crippen LogP contribution in [0.1, 0.15) is 25.0 Å². The summed E-state index contributed by atoms with van der Waals surface area (Å²) >= 11 is 0. The van der Waals surface area contributed by atoms with Crippen molar-refractivity contribution >= 4 is 0 Å². The number of hydrogen-bond acceptors (Lipinski definition) is 5. The molecule has 146 valence electrons. The molecule has 0 saturated carbocycles. The summed E-state index contributed by atoms with van der Waals surface area (Å²) < 4.78 is 11.9. The molecule has 27 heavy (non-hydrogen) atoms. The molecule has 0 amide bonds. The molecule has 1 N–H and O–H groups in total. The second-order valence-corrected chi connectivity index (χ2v) is 7.53. The highest BCUT2D eigenvalue weighted by molar-refractivity contribution is 5.33. The predicted octanol–water partition coefficient (Wildman–Crippen LogP) is 3.11. The first kappa shape index (κ1) is 19.8. The smallest absolute Gasteiger partial charge is 0.124 e. The molecule has 0 spiro atoms. The Morgan fingerprint density at radius 3 is 2.96 bits per heavy atom. The van der Waals surface area contributed by atoms with Gasteiger partial charge in [0.05, 0.1) is 12.7 Å². The van der Waals surface area contributed by atoms with Gasteiger partial charge in [0.15, 0.2) is 0 Å². The van der Waals surface area contributed by atoms with Crippen molar-refractivity contribution in [2.45, 2.75) is 33.1 Å². The van der Waals surface area contributed by atoms with Crippen LogP contribution in [0.25, 0.3) is 0 Å².